The van der Waals surface area contributed by atoms with E-state index in [4.69, 9.17) is 5.11 Å². The number of carboxylic acid groups (broad SMARTS) is 1. The van der Waals surface area contributed by atoms with E-state index >= 15 is 0 Å². The number of fused-ring (bicyclic) bond motifs is 1. The minimum absolute atomic E-state index is 0.0429. The Bertz CT molecular complexity index is 596. The van der Waals surface area contributed by atoms with Crippen LogP contribution in [0.5, 0.6) is 0 Å². The van der Waals surface area contributed by atoms with Crippen molar-refractivity contribution in [3.63, 3.8) is 0 Å². The Hall–Kier alpha value is -2.10. The van der Waals surface area contributed by atoms with Crippen LogP contribution < -0.4 is 0 Å². The molecule has 0 radical (unpaired) electrons. The molecule has 82 valence electrons. The molecule has 0 aliphatic carbocycles. The number of hydrogen-bond donors (Lipinski definition) is 2. The summed E-state index contributed by atoms with van der Waals surface area (Å²) in [6.45, 7) is 3.79. The highest BCUT2D eigenvalue weighted by atomic mass is 16.4. The normalized spacial score (nSPS) is 10.6. The zero-order chi connectivity index (χ0) is 11.9. The monoisotopic (exact) mass is 217 g/mol. The predicted octanol–water partition coefficient (Wildman–Crippen LogP) is 2.30. The van der Waals surface area contributed by atoms with Gasteiger partial charge in [-0.3, -0.25) is 4.79 Å². The summed E-state index contributed by atoms with van der Waals surface area (Å²) in [4.78, 5) is 24.7. The summed E-state index contributed by atoms with van der Waals surface area (Å²) >= 11 is 0. The molecule has 0 aliphatic heterocycles. The van der Waals surface area contributed by atoms with Crippen molar-refractivity contribution in [1.82, 2.24) is 4.98 Å². The molecule has 0 saturated carbocycles. The molecular formula is C12H11NO3. The first-order chi connectivity index (χ1) is 7.54. The summed E-state index contributed by atoms with van der Waals surface area (Å²) in [6.07, 6.45) is 0.588. The highest BCUT2D eigenvalue weighted by molar-refractivity contribution is 6.08. The Morgan fingerprint density at radius 2 is 2.06 bits per heavy atom. The first-order valence-electron chi connectivity index (χ1n) is 4.86. The number of aromatic amines is 1. The van der Waals surface area contributed by atoms with Gasteiger partial charge in [0.1, 0.15) is 5.69 Å². The van der Waals surface area contributed by atoms with Gasteiger partial charge in [-0.2, -0.15) is 0 Å². The number of carbonyl (C=O) groups is 2. The Kier molecular flexibility index (Phi) is 2.27. The van der Waals surface area contributed by atoms with Gasteiger partial charge in [0.25, 0.3) is 0 Å². The molecule has 0 aliphatic rings. The van der Waals surface area contributed by atoms with Crippen LogP contribution in [0.1, 0.15) is 32.0 Å². The number of hydrogen-bond acceptors (Lipinski definition) is 2. The van der Waals surface area contributed by atoms with Crippen LogP contribution in [0.2, 0.25) is 0 Å². The third-order valence-electron chi connectivity index (χ3n) is 2.61. The molecule has 0 atom stereocenters. The van der Waals surface area contributed by atoms with E-state index in [1.54, 1.807) is 0 Å². The first kappa shape index (κ1) is 10.4. The van der Waals surface area contributed by atoms with E-state index in [0.717, 1.165) is 11.1 Å². The second-order valence-electron chi connectivity index (χ2n) is 3.84. The lowest BCUT2D eigenvalue weighted by Gasteiger charge is -1.99. The van der Waals surface area contributed by atoms with Gasteiger partial charge in [0.05, 0.1) is 5.56 Å². The van der Waals surface area contributed by atoms with E-state index in [1.807, 2.05) is 26.0 Å². The lowest BCUT2D eigenvalue weighted by Crippen LogP contribution is -2.00. The maximum absolute atomic E-state index is 11.0. The van der Waals surface area contributed by atoms with Gasteiger partial charge in [-0.1, -0.05) is 6.07 Å². The Morgan fingerprint density at radius 3 is 2.62 bits per heavy atom. The molecule has 0 unspecified atom stereocenters. The van der Waals surface area contributed by atoms with Crippen LogP contribution in [0.4, 0.5) is 0 Å². The number of aromatic carboxylic acids is 1. The number of carbonyl (C=O) groups excluding carboxylic acids is 1. The van der Waals surface area contributed by atoms with Gasteiger partial charge in [-0.05, 0) is 31.0 Å². The fraction of sp³-hybridized carbons (Fsp3) is 0.167. The summed E-state index contributed by atoms with van der Waals surface area (Å²) in [7, 11) is 0. The van der Waals surface area contributed by atoms with Crippen molar-refractivity contribution in [2.24, 2.45) is 0 Å². The molecule has 4 heteroatoms. The van der Waals surface area contributed by atoms with Gasteiger partial charge >= 0.3 is 5.97 Å². The number of carboxylic acids is 1. The zero-order valence-electron chi connectivity index (χ0n) is 9.00. The van der Waals surface area contributed by atoms with Crippen LogP contribution in [0.15, 0.2) is 12.1 Å². The van der Waals surface area contributed by atoms with Crippen LogP contribution in [-0.2, 0) is 0 Å². The van der Waals surface area contributed by atoms with Gasteiger partial charge in [0, 0.05) is 10.9 Å². The molecule has 1 aromatic carbocycles. The van der Waals surface area contributed by atoms with Crippen molar-refractivity contribution in [3.05, 3.63) is 34.5 Å². The van der Waals surface area contributed by atoms with Crippen molar-refractivity contribution in [2.45, 2.75) is 13.8 Å². The predicted molar refractivity (Wildman–Crippen MR) is 60.1 cm³/mol. The second-order valence-corrected chi connectivity index (χ2v) is 3.84. The smallest absolute Gasteiger partial charge is 0.353 e. The maximum Gasteiger partial charge on any atom is 0.353 e. The molecule has 4 nitrogen and oxygen atoms in total. The van der Waals surface area contributed by atoms with Gasteiger partial charge in [0.2, 0.25) is 0 Å². The molecule has 0 saturated heterocycles. The molecular weight excluding hydrogens is 206 g/mol. The fourth-order valence-corrected chi connectivity index (χ4v) is 2.04. The minimum Gasteiger partial charge on any atom is -0.477 e. The Labute approximate surface area is 91.9 Å². The Balaban J connectivity index is 2.93. The van der Waals surface area contributed by atoms with E-state index in [2.05, 4.69) is 4.98 Å². The summed E-state index contributed by atoms with van der Waals surface area (Å²) in [5.74, 6) is -1.12. The molecule has 0 bridgehead atoms. The molecule has 0 amide bonds. The highest BCUT2D eigenvalue weighted by Gasteiger charge is 2.17. The third kappa shape index (κ3) is 1.39. The summed E-state index contributed by atoms with van der Waals surface area (Å²) in [5, 5.41) is 9.66. The van der Waals surface area contributed by atoms with Crippen LogP contribution in [0.3, 0.4) is 0 Å². The number of nitrogens with one attached hydrogen (secondary N) is 1. The lowest BCUT2D eigenvalue weighted by molar-refractivity contribution is 0.0688. The van der Waals surface area contributed by atoms with Gasteiger partial charge in [-0.15, -0.1) is 0 Å². The van der Waals surface area contributed by atoms with Crippen LogP contribution in [0.25, 0.3) is 10.9 Å². The van der Waals surface area contributed by atoms with Crippen LogP contribution in [-0.4, -0.2) is 22.3 Å². The zero-order valence-corrected chi connectivity index (χ0v) is 9.00. The standard InChI is InChI=1S/C12H11NO3/c1-6-3-7(2)10-8(5-14)11(12(15)16)13-9(10)4-6/h3-5,13H,1-2H3,(H,15,16). The molecule has 2 rings (SSSR count). The van der Waals surface area contributed by atoms with Crippen LogP contribution >= 0.6 is 0 Å². The van der Waals surface area contributed by atoms with Gasteiger partial charge in [-0.25, -0.2) is 4.79 Å². The number of rotatable bonds is 2. The third-order valence-corrected chi connectivity index (χ3v) is 2.61. The molecule has 2 N–H and O–H groups in total. The SMILES string of the molecule is Cc1cc(C)c2c(C=O)c(C(=O)O)[nH]c2c1. The summed E-state index contributed by atoms with van der Waals surface area (Å²) in [6, 6.07) is 3.76. The quantitative estimate of drug-likeness (QED) is 0.758. The van der Waals surface area contributed by atoms with E-state index in [-0.39, 0.29) is 11.3 Å². The van der Waals surface area contributed by atoms with Crippen molar-refractivity contribution in [1.29, 1.82) is 0 Å². The largest absolute Gasteiger partial charge is 0.477 e. The number of aldehydes is 1. The maximum atomic E-state index is 11.0. The fourth-order valence-electron chi connectivity index (χ4n) is 2.04. The number of benzene rings is 1. The lowest BCUT2D eigenvalue weighted by atomic mass is 10.0. The summed E-state index contributed by atoms with van der Waals surface area (Å²) < 4.78 is 0. The number of H-pyrrole nitrogens is 1. The van der Waals surface area contributed by atoms with E-state index < -0.39 is 5.97 Å². The van der Waals surface area contributed by atoms with Gasteiger partial charge < -0.3 is 10.1 Å². The van der Waals surface area contributed by atoms with Crippen molar-refractivity contribution in [3.8, 4) is 0 Å². The first-order valence-corrected chi connectivity index (χ1v) is 4.86. The molecule has 2 aromatic rings. The number of aromatic nitrogens is 1. The molecule has 16 heavy (non-hydrogen) atoms. The minimum atomic E-state index is -1.12. The number of aryl methyl sites for hydroxylation is 2. The van der Waals surface area contributed by atoms with Crippen molar-refractivity contribution >= 4 is 23.2 Å². The van der Waals surface area contributed by atoms with Crippen molar-refractivity contribution < 1.29 is 14.7 Å². The molecule has 1 heterocycles. The molecule has 0 spiro atoms. The molecule has 0 fully saturated rings. The van der Waals surface area contributed by atoms with Crippen LogP contribution in [0, 0.1) is 13.8 Å². The second kappa shape index (κ2) is 3.48. The van der Waals surface area contributed by atoms with Crippen molar-refractivity contribution in [2.75, 3.05) is 0 Å². The summed E-state index contributed by atoms with van der Waals surface area (Å²) in [5.41, 5.74) is 2.80. The molecule has 1 aromatic heterocycles. The van der Waals surface area contributed by atoms with E-state index in [0.29, 0.717) is 17.2 Å². The average molecular weight is 217 g/mol. The highest BCUT2D eigenvalue weighted by Crippen LogP contribution is 2.25. The van der Waals surface area contributed by atoms with Gasteiger partial charge in [0.15, 0.2) is 6.29 Å². The average Bonchev–Trinajstić information content (AvgIpc) is 2.56. The van der Waals surface area contributed by atoms with E-state index in [1.165, 1.54) is 0 Å². The van der Waals surface area contributed by atoms with E-state index in [9.17, 15) is 9.59 Å². The Morgan fingerprint density at radius 1 is 1.38 bits per heavy atom. The topological polar surface area (TPSA) is 70.2 Å².